The third-order valence-corrected chi connectivity index (χ3v) is 3.45. The molecular weight excluding hydrogens is 276 g/mol. The summed E-state index contributed by atoms with van der Waals surface area (Å²) >= 11 is 0. The maximum atomic E-state index is 12.6. The molecule has 1 aromatic heterocycles. The van der Waals surface area contributed by atoms with Crippen LogP contribution in [0, 0.1) is 13.8 Å². The van der Waals surface area contributed by atoms with E-state index >= 15 is 0 Å². The summed E-state index contributed by atoms with van der Waals surface area (Å²) in [5.41, 5.74) is 0.597. The van der Waals surface area contributed by atoms with Crippen LogP contribution in [0.15, 0.2) is 9.21 Å². The molecule has 1 heterocycles. The molecule has 0 N–H and O–H groups in total. The highest BCUT2D eigenvalue weighted by Gasteiger charge is 2.27. The van der Waals surface area contributed by atoms with Gasteiger partial charge in [0.05, 0.1) is 28.4 Å². The van der Waals surface area contributed by atoms with E-state index in [1.165, 1.54) is 28.4 Å². The van der Waals surface area contributed by atoms with Crippen LogP contribution in [0.1, 0.15) is 11.3 Å². The average molecular weight is 294 g/mol. The van der Waals surface area contributed by atoms with E-state index in [1.807, 2.05) is 0 Å². The Hall–Kier alpha value is -2.37. The summed E-state index contributed by atoms with van der Waals surface area (Å²) in [6, 6.07) is 0. The highest BCUT2D eigenvalue weighted by molar-refractivity contribution is 5.95. The summed E-state index contributed by atoms with van der Waals surface area (Å²) in [4.78, 5) is 12.6. The molecule has 0 aliphatic rings. The Morgan fingerprint density at radius 2 is 1.24 bits per heavy atom. The van der Waals surface area contributed by atoms with Crippen molar-refractivity contribution in [2.24, 2.45) is 0 Å². The highest BCUT2D eigenvalue weighted by Crippen LogP contribution is 2.50. The standard InChI is InChI=1S/C15H18O6/c1-7-8(2)21-12-9(10(7)16)11(17-3)13(18-4)15(20-6)14(12)19-5/h1-6H3. The van der Waals surface area contributed by atoms with Crippen LogP contribution in [0.4, 0.5) is 0 Å². The van der Waals surface area contributed by atoms with Crippen molar-refractivity contribution in [3.05, 3.63) is 21.5 Å². The molecule has 0 aliphatic heterocycles. The van der Waals surface area contributed by atoms with Gasteiger partial charge in [-0.3, -0.25) is 4.79 Å². The SMILES string of the molecule is COc1c(OC)c(OC)c2c(=O)c(C)c(C)oc2c1OC. The summed E-state index contributed by atoms with van der Waals surface area (Å²) in [5, 5.41) is 0.273. The molecule has 0 bridgehead atoms. The fourth-order valence-electron chi connectivity index (χ4n) is 2.27. The van der Waals surface area contributed by atoms with Gasteiger partial charge in [0, 0.05) is 5.56 Å². The van der Waals surface area contributed by atoms with Gasteiger partial charge >= 0.3 is 0 Å². The van der Waals surface area contributed by atoms with Crippen LogP contribution in [0.2, 0.25) is 0 Å². The normalized spacial score (nSPS) is 10.6. The van der Waals surface area contributed by atoms with Gasteiger partial charge in [-0.15, -0.1) is 0 Å². The molecule has 1 aromatic carbocycles. The zero-order valence-electron chi connectivity index (χ0n) is 12.9. The quantitative estimate of drug-likeness (QED) is 0.863. The molecule has 0 spiro atoms. The van der Waals surface area contributed by atoms with Gasteiger partial charge in [0.25, 0.3) is 0 Å². The van der Waals surface area contributed by atoms with Gasteiger partial charge in [-0.2, -0.15) is 0 Å². The maximum Gasteiger partial charge on any atom is 0.211 e. The van der Waals surface area contributed by atoms with E-state index < -0.39 is 0 Å². The molecule has 2 aromatic rings. The van der Waals surface area contributed by atoms with Gasteiger partial charge in [-0.05, 0) is 13.8 Å². The number of hydrogen-bond donors (Lipinski definition) is 0. The summed E-state index contributed by atoms with van der Waals surface area (Å²) in [5.74, 6) is 1.68. The van der Waals surface area contributed by atoms with Gasteiger partial charge in [-0.1, -0.05) is 0 Å². The predicted octanol–water partition coefficient (Wildman–Crippen LogP) is 2.44. The minimum absolute atomic E-state index is 0.190. The Bertz CT molecular complexity index is 744. The molecule has 6 nitrogen and oxygen atoms in total. The smallest absolute Gasteiger partial charge is 0.211 e. The molecular formula is C15H18O6. The molecule has 0 unspecified atom stereocenters. The van der Waals surface area contributed by atoms with Crippen molar-refractivity contribution in [1.29, 1.82) is 0 Å². The molecule has 0 aliphatic carbocycles. The third-order valence-electron chi connectivity index (χ3n) is 3.45. The van der Waals surface area contributed by atoms with Crippen LogP contribution >= 0.6 is 0 Å². The summed E-state index contributed by atoms with van der Waals surface area (Å²) in [6.45, 7) is 3.42. The molecule has 0 saturated heterocycles. The zero-order valence-corrected chi connectivity index (χ0v) is 12.9. The van der Waals surface area contributed by atoms with Crippen molar-refractivity contribution in [3.63, 3.8) is 0 Å². The summed E-state index contributed by atoms with van der Waals surface area (Å²) < 4.78 is 27.1. The lowest BCUT2D eigenvalue weighted by molar-refractivity contribution is 0.306. The first-order valence-corrected chi connectivity index (χ1v) is 6.31. The molecule has 6 heteroatoms. The van der Waals surface area contributed by atoms with Gasteiger partial charge in [0.1, 0.15) is 11.1 Å². The van der Waals surface area contributed by atoms with Crippen LogP contribution < -0.4 is 24.4 Å². The Morgan fingerprint density at radius 3 is 1.71 bits per heavy atom. The van der Waals surface area contributed by atoms with Gasteiger partial charge < -0.3 is 23.4 Å². The highest BCUT2D eigenvalue weighted by atomic mass is 16.5. The van der Waals surface area contributed by atoms with Crippen LogP contribution in [0.5, 0.6) is 23.0 Å². The molecule has 2 rings (SSSR count). The molecule has 0 amide bonds. The van der Waals surface area contributed by atoms with Gasteiger partial charge in [-0.25, -0.2) is 0 Å². The number of hydrogen-bond acceptors (Lipinski definition) is 6. The largest absolute Gasteiger partial charge is 0.492 e. The lowest BCUT2D eigenvalue weighted by atomic mass is 10.1. The molecule has 114 valence electrons. The molecule has 21 heavy (non-hydrogen) atoms. The van der Waals surface area contributed by atoms with Gasteiger partial charge in [0.2, 0.25) is 17.2 Å². The lowest BCUT2D eigenvalue weighted by Gasteiger charge is -2.18. The summed E-state index contributed by atoms with van der Waals surface area (Å²) in [7, 11) is 5.87. The van der Waals surface area contributed by atoms with E-state index in [1.54, 1.807) is 13.8 Å². The van der Waals surface area contributed by atoms with Crippen LogP contribution in [-0.4, -0.2) is 28.4 Å². The van der Waals surface area contributed by atoms with Crippen molar-refractivity contribution >= 4 is 11.0 Å². The molecule has 0 saturated carbocycles. The van der Waals surface area contributed by atoms with Crippen molar-refractivity contribution in [1.82, 2.24) is 0 Å². The number of fused-ring (bicyclic) bond motifs is 1. The van der Waals surface area contributed by atoms with Crippen LogP contribution in [-0.2, 0) is 0 Å². The van der Waals surface area contributed by atoms with Crippen molar-refractivity contribution in [3.8, 4) is 23.0 Å². The Labute approximate surface area is 122 Å². The van der Waals surface area contributed by atoms with E-state index in [4.69, 9.17) is 23.4 Å². The fraction of sp³-hybridized carbons (Fsp3) is 0.400. The number of methoxy groups -OCH3 is 4. The number of ether oxygens (including phenoxy) is 4. The molecule has 0 radical (unpaired) electrons. The predicted molar refractivity (Wildman–Crippen MR) is 78.2 cm³/mol. The second-order valence-electron chi connectivity index (χ2n) is 4.45. The average Bonchev–Trinajstić information content (AvgIpc) is 2.50. The van der Waals surface area contributed by atoms with E-state index in [0.717, 1.165) is 0 Å². The van der Waals surface area contributed by atoms with Crippen molar-refractivity contribution in [2.75, 3.05) is 28.4 Å². The van der Waals surface area contributed by atoms with Crippen molar-refractivity contribution < 1.29 is 23.4 Å². The number of aryl methyl sites for hydroxylation is 1. The summed E-state index contributed by atoms with van der Waals surface area (Å²) in [6.07, 6.45) is 0. The number of benzene rings is 1. The lowest BCUT2D eigenvalue weighted by Crippen LogP contribution is -2.11. The topological polar surface area (TPSA) is 67.1 Å². The van der Waals surface area contributed by atoms with E-state index in [0.29, 0.717) is 28.6 Å². The molecule has 0 fully saturated rings. The molecule has 0 atom stereocenters. The second-order valence-corrected chi connectivity index (χ2v) is 4.45. The first-order chi connectivity index (χ1) is 10.0. The Morgan fingerprint density at radius 1 is 0.762 bits per heavy atom. The van der Waals surface area contributed by atoms with Crippen molar-refractivity contribution in [2.45, 2.75) is 13.8 Å². The Kier molecular flexibility index (Phi) is 3.97. The first kappa shape index (κ1) is 15.0. The van der Waals surface area contributed by atoms with Crippen LogP contribution in [0.3, 0.4) is 0 Å². The third kappa shape index (κ3) is 2.07. The van der Waals surface area contributed by atoms with E-state index in [-0.39, 0.29) is 22.1 Å². The minimum atomic E-state index is -0.190. The van der Waals surface area contributed by atoms with Gasteiger partial charge in [0.15, 0.2) is 16.8 Å². The monoisotopic (exact) mass is 294 g/mol. The fourth-order valence-corrected chi connectivity index (χ4v) is 2.27. The van der Waals surface area contributed by atoms with E-state index in [2.05, 4.69) is 0 Å². The zero-order chi connectivity index (χ0) is 15.7. The minimum Gasteiger partial charge on any atom is -0.492 e. The number of rotatable bonds is 4. The van der Waals surface area contributed by atoms with E-state index in [9.17, 15) is 4.79 Å². The van der Waals surface area contributed by atoms with Crippen LogP contribution in [0.25, 0.3) is 11.0 Å². The maximum absolute atomic E-state index is 12.6. The Balaban J connectivity index is 3.15. The second kappa shape index (κ2) is 5.55. The first-order valence-electron chi connectivity index (χ1n) is 6.31.